The summed E-state index contributed by atoms with van der Waals surface area (Å²) >= 11 is 0. The van der Waals surface area contributed by atoms with Crippen LogP contribution >= 0.6 is 0 Å². The highest BCUT2D eigenvalue weighted by Gasteiger charge is 2.74. The van der Waals surface area contributed by atoms with Gasteiger partial charge in [0.1, 0.15) is 24.1 Å². The summed E-state index contributed by atoms with van der Waals surface area (Å²) in [6.07, 6.45) is -6.49. The van der Waals surface area contributed by atoms with E-state index in [1.54, 1.807) is 6.07 Å². The number of ketones is 3. The molecule has 0 aromatic carbocycles. The Bertz CT molecular complexity index is 876. The number of carbonyl (C=O) groups excluding carboxylic acids is 3. The van der Waals surface area contributed by atoms with Gasteiger partial charge in [-0.15, -0.1) is 0 Å². The van der Waals surface area contributed by atoms with Crippen molar-refractivity contribution in [2.24, 2.45) is 0 Å². The molecular weight excluding hydrogens is 384 g/mol. The van der Waals surface area contributed by atoms with Crippen molar-refractivity contribution in [3.8, 4) is 6.07 Å². The molecule has 0 aliphatic carbocycles. The number of rotatable bonds is 8. The number of nitriles is 1. The molecule has 1 aromatic heterocycles. The average Bonchev–Trinajstić information content (AvgIpc) is 3.21. The molecule has 5 atom stereocenters. The molecule has 0 radical (unpaired) electrons. The number of imidazole rings is 1. The molecule has 2 heterocycles. The van der Waals surface area contributed by atoms with Gasteiger partial charge in [-0.05, 0) is 0 Å². The highest BCUT2D eigenvalue weighted by Crippen LogP contribution is 2.50. The number of ether oxygens (including phenoxy) is 1. The summed E-state index contributed by atoms with van der Waals surface area (Å²) in [6, 6.07) is 1.73. The van der Waals surface area contributed by atoms with Crippen molar-refractivity contribution in [2.45, 2.75) is 69.5 Å². The molecule has 0 bridgehead atoms. The minimum atomic E-state index is -2.93. The van der Waals surface area contributed by atoms with Crippen LogP contribution in [0.3, 0.4) is 0 Å². The number of carbonyl (C=O) groups is 3. The SMILES string of the molecule is CCC(=O)C(O)[C@H]1O[C@@H](c2nc(N)c(C#N)[nH]2)[C@@](O)(C(=O)CC)[C@@]1(O)C(=O)CC. The number of nitrogens with one attached hydrogen (secondary N) is 1. The van der Waals surface area contributed by atoms with Crippen LogP contribution in [-0.2, 0) is 19.1 Å². The van der Waals surface area contributed by atoms with E-state index in [1.807, 2.05) is 0 Å². The predicted octanol–water partition coefficient (Wildman–Crippen LogP) is -0.936. The summed E-state index contributed by atoms with van der Waals surface area (Å²) in [5.74, 6) is -3.29. The lowest BCUT2D eigenvalue weighted by atomic mass is 9.69. The van der Waals surface area contributed by atoms with E-state index in [4.69, 9.17) is 15.7 Å². The van der Waals surface area contributed by atoms with Crippen molar-refractivity contribution >= 4 is 23.2 Å². The van der Waals surface area contributed by atoms with Crippen LogP contribution in [0.1, 0.15) is 57.7 Å². The molecular formula is C18H24N4O7. The molecule has 11 nitrogen and oxygen atoms in total. The minimum absolute atomic E-state index is 0.144. The fraction of sp³-hybridized carbons (Fsp3) is 0.611. The number of nitrogen functional groups attached to an aromatic ring is 1. The number of aromatic nitrogens is 2. The maximum absolute atomic E-state index is 12.8. The van der Waals surface area contributed by atoms with E-state index >= 15 is 0 Å². The Balaban J connectivity index is 2.77. The summed E-state index contributed by atoms with van der Waals surface area (Å²) in [6.45, 7) is 4.23. The first kappa shape index (κ1) is 22.6. The number of nitrogens with two attached hydrogens (primary N) is 1. The number of aliphatic hydroxyl groups is 3. The highest BCUT2D eigenvalue weighted by atomic mass is 16.6. The van der Waals surface area contributed by atoms with Crippen LogP contribution in [-0.4, -0.2) is 66.0 Å². The van der Waals surface area contributed by atoms with Crippen molar-refractivity contribution in [1.29, 1.82) is 5.26 Å². The Morgan fingerprint density at radius 3 is 2.21 bits per heavy atom. The van der Waals surface area contributed by atoms with Crippen LogP contribution in [0.2, 0.25) is 0 Å². The molecule has 1 aromatic rings. The number of hydrogen-bond donors (Lipinski definition) is 5. The highest BCUT2D eigenvalue weighted by molar-refractivity contribution is 6.01. The number of aromatic amines is 1. The zero-order valence-electron chi connectivity index (χ0n) is 16.3. The summed E-state index contributed by atoms with van der Waals surface area (Å²) in [5, 5.41) is 42.2. The quantitative estimate of drug-likeness (QED) is 0.357. The van der Waals surface area contributed by atoms with E-state index in [-0.39, 0.29) is 36.6 Å². The normalized spacial score (nSPS) is 30.0. The second kappa shape index (κ2) is 8.00. The van der Waals surface area contributed by atoms with Gasteiger partial charge in [0.25, 0.3) is 0 Å². The molecule has 1 aliphatic rings. The molecule has 1 unspecified atom stereocenters. The fourth-order valence-electron chi connectivity index (χ4n) is 3.59. The van der Waals surface area contributed by atoms with Crippen LogP contribution in [0, 0.1) is 11.3 Å². The standard InChI is InChI=1S/C18H24N4O7/c1-4-9(23)12(26)13-17(27,10(24)5-2)18(28,11(25)6-3)14(29-13)16-21-8(7-19)15(20)22-16/h12-14,26-28H,4-6,20H2,1-3H3,(H,21,22)/t12?,13-,14+,17-,18+/m1/s1. The van der Waals surface area contributed by atoms with Crippen LogP contribution < -0.4 is 5.73 Å². The second-order valence-corrected chi connectivity index (χ2v) is 6.78. The third-order valence-corrected chi connectivity index (χ3v) is 5.22. The molecule has 29 heavy (non-hydrogen) atoms. The zero-order chi connectivity index (χ0) is 22.1. The van der Waals surface area contributed by atoms with Crippen LogP contribution in [0.4, 0.5) is 5.82 Å². The summed E-state index contributed by atoms with van der Waals surface area (Å²) in [7, 11) is 0. The predicted molar refractivity (Wildman–Crippen MR) is 97.1 cm³/mol. The Morgan fingerprint density at radius 1 is 1.21 bits per heavy atom. The van der Waals surface area contributed by atoms with Gasteiger partial charge in [0, 0.05) is 19.3 Å². The van der Waals surface area contributed by atoms with Gasteiger partial charge in [-0.25, -0.2) is 4.98 Å². The molecule has 6 N–H and O–H groups in total. The van der Waals surface area contributed by atoms with Crippen molar-refractivity contribution < 1.29 is 34.4 Å². The van der Waals surface area contributed by atoms with Crippen molar-refractivity contribution in [3.63, 3.8) is 0 Å². The van der Waals surface area contributed by atoms with Gasteiger partial charge in [-0.1, -0.05) is 20.8 Å². The van der Waals surface area contributed by atoms with Gasteiger partial charge in [0.05, 0.1) is 0 Å². The molecule has 1 fully saturated rings. The number of Topliss-reactive ketones (excluding diaryl/α,β-unsaturated/α-hetero) is 3. The average molecular weight is 408 g/mol. The third-order valence-electron chi connectivity index (χ3n) is 5.22. The van der Waals surface area contributed by atoms with Crippen LogP contribution in [0.25, 0.3) is 0 Å². The van der Waals surface area contributed by atoms with Crippen molar-refractivity contribution in [3.05, 3.63) is 11.5 Å². The molecule has 158 valence electrons. The van der Waals surface area contributed by atoms with Crippen molar-refractivity contribution in [2.75, 3.05) is 5.73 Å². The van der Waals surface area contributed by atoms with Gasteiger partial charge in [-0.3, -0.25) is 14.4 Å². The maximum atomic E-state index is 12.8. The number of H-pyrrole nitrogens is 1. The summed E-state index contributed by atoms with van der Waals surface area (Å²) in [4.78, 5) is 43.9. The van der Waals surface area contributed by atoms with Gasteiger partial charge in [-0.2, -0.15) is 5.26 Å². The molecule has 2 rings (SSSR count). The number of anilines is 1. The lowest BCUT2D eigenvalue weighted by Gasteiger charge is -2.38. The Hall–Kier alpha value is -2.65. The number of hydrogen-bond acceptors (Lipinski definition) is 10. The second-order valence-electron chi connectivity index (χ2n) is 6.78. The monoisotopic (exact) mass is 408 g/mol. The van der Waals surface area contributed by atoms with E-state index in [2.05, 4.69) is 9.97 Å². The van der Waals surface area contributed by atoms with Crippen LogP contribution in [0.15, 0.2) is 0 Å². The first-order valence-corrected chi connectivity index (χ1v) is 9.17. The Labute approximate surface area is 166 Å². The van der Waals surface area contributed by atoms with E-state index in [9.17, 15) is 29.7 Å². The molecule has 0 spiro atoms. The van der Waals surface area contributed by atoms with Gasteiger partial charge in [0.15, 0.2) is 46.2 Å². The van der Waals surface area contributed by atoms with Gasteiger partial charge < -0.3 is 30.8 Å². The summed E-state index contributed by atoms with van der Waals surface area (Å²) in [5.41, 5.74) is -0.387. The Morgan fingerprint density at radius 2 is 1.76 bits per heavy atom. The fourth-order valence-corrected chi connectivity index (χ4v) is 3.59. The zero-order valence-corrected chi connectivity index (χ0v) is 16.3. The largest absolute Gasteiger partial charge is 0.382 e. The minimum Gasteiger partial charge on any atom is -0.382 e. The molecule has 0 amide bonds. The lowest BCUT2D eigenvalue weighted by Crippen LogP contribution is -2.68. The topological polar surface area (TPSA) is 200 Å². The van der Waals surface area contributed by atoms with Gasteiger partial charge >= 0.3 is 0 Å². The van der Waals surface area contributed by atoms with Crippen molar-refractivity contribution in [1.82, 2.24) is 9.97 Å². The van der Waals surface area contributed by atoms with E-state index in [0.29, 0.717) is 0 Å². The molecule has 1 aliphatic heterocycles. The lowest BCUT2D eigenvalue weighted by molar-refractivity contribution is -0.184. The van der Waals surface area contributed by atoms with E-state index in [1.165, 1.54) is 20.8 Å². The number of nitrogens with zero attached hydrogens (tertiary/aromatic N) is 2. The molecule has 1 saturated heterocycles. The first-order valence-electron chi connectivity index (χ1n) is 9.17. The maximum Gasteiger partial charge on any atom is 0.195 e. The molecule has 0 saturated carbocycles. The van der Waals surface area contributed by atoms with E-state index < -0.39 is 46.9 Å². The smallest absolute Gasteiger partial charge is 0.195 e. The Kier molecular flexibility index (Phi) is 6.24. The van der Waals surface area contributed by atoms with E-state index in [0.717, 1.165) is 0 Å². The molecule has 11 heteroatoms. The third kappa shape index (κ3) is 3.14. The summed E-state index contributed by atoms with van der Waals surface area (Å²) < 4.78 is 5.55. The van der Waals surface area contributed by atoms with Gasteiger partial charge in [0.2, 0.25) is 0 Å². The number of aliphatic hydroxyl groups excluding tert-OH is 1. The van der Waals surface area contributed by atoms with Crippen LogP contribution in [0.5, 0.6) is 0 Å². The first-order chi connectivity index (χ1) is 13.5.